The fourth-order valence-corrected chi connectivity index (χ4v) is 6.02. The summed E-state index contributed by atoms with van der Waals surface area (Å²) in [6.07, 6.45) is 5.76. The van der Waals surface area contributed by atoms with Crippen LogP contribution in [0.3, 0.4) is 0 Å². The van der Waals surface area contributed by atoms with Crippen molar-refractivity contribution in [3.8, 4) is 0 Å². The van der Waals surface area contributed by atoms with Crippen LogP contribution in [0.15, 0.2) is 73.1 Å². The Kier molecular flexibility index (Phi) is 7.06. The molecule has 2 amide bonds. The number of benzene rings is 2. The average Bonchev–Trinajstić information content (AvgIpc) is 3.72. The summed E-state index contributed by atoms with van der Waals surface area (Å²) in [6, 6.07) is 19.4. The maximum absolute atomic E-state index is 13.8. The highest BCUT2D eigenvalue weighted by atomic mass is 16.2. The fraction of sp³-hybridized carbons (Fsp3) is 0.367. The molecule has 6 rings (SSSR count). The van der Waals surface area contributed by atoms with Crippen LogP contribution in [0.1, 0.15) is 35.4 Å². The second kappa shape index (κ2) is 10.9. The van der Waals surface area contributed by atoms with E-state index in [1.807, 2.05) is 60.5 Å². The third-order valence-electron chi connectivity index (χ3n) is 8.09. The molecule has 9 heteroatoms. The maximum atomic E-state index is 13.8. The van der Waals surface area contributed by atoms with Crippen molar-refractivity contribution >= 4 is 22.8 Å². The van der Waals surface area contributed by atoms with Gasteiger partial charge in [-0.25, -0.2) is 4.68 Å². The van der Waals surface area contributed by atoms with Gasteiger partial charge in [0.1, 0.15) is 11.6 Å². The molecule has 0 spiro atoms. The second-order valence-corrected chi connectivity index (χ2v) is 10.7. The lowest BCUT2D eigenvalue weighted by Crippen LogP contribution is -2.51. The van der Waals surface area contributed by atoms with Gasteiger partial charge in [-0.3, -0.25) is 14.6 Å². The molecule has 4 aromatic rings. The van der Waals surface area contributed by atoms with E-state index in [1.165, 1.54) is 11.1 Å². The monoisotopic (exact) mass is 523 g/mol. The molecule has 4 atom stereocenters. The van der Waals surface area contributed by atoms with Gasteiger partial charge in [0.15, 0.2) is 0 Å². The Balaban J connectivity index is 1.16. The molecule has 9 nitrogen and oxygen atoms in total. The average molecular weight is 524 g/mol. The van der Waals surface area contributed by atoms with Crippen LogP contribution >= 0.6 is 0 Å². The Labute approximate surface area is 227 Å². The molecule has 4 heterocycles. The topological polar surface area (TPSA) is 105 Å². The normalized spacial score (nSPS) is 22.8. The number of rotatable bonds is 7. The molecule has 39 heavy (non-hydrogen) atoms. The molecule has 0 bridgehead atoms. The summed E-state index contributed by atoms with van der Waals surface area (Å²) in [7, 11) is 1.85. The molecule has 2 aliphatic heterocycles. The van der Waals surface area contributed by atoms with Crippen LogP contribution in [-0.2, 0) is 29.6 Å². The van der Waals surface area contributed by atoms with Crippen molar-refractivity contribution in [2.45, 2.75) is 43.8 Å². The Bertz CT molecular complexity index is 1460. The van der Waals surface area contributed by atoms with Gasteiger partial charge in [-0.2, -0.15) is 0 Å². The summed E-state index contributed by atoms with van der Waals surface area (Å²) >= 11 is 0. The van der Waals surface area contributed by atoms with Gasteiger partial charge < -0.3 is 15.5 Å². The van der Waals surface area contributed by atoms with Crippen molar-refractivity contribution in [1.82, 2.24) is 35.5 Å². The number of likely N-dealkylation sites (tertiary alicyclic amines) is 1. The van der Waals surface area contributed by atoms with Crippen molar-refractivity contribution < 1.29 is 9.59 Å². The van der Waals surface area contributed by atoms with Crippen LogP contribution < -0.4 is 10.6 Å². The number of pyridine rings is 1. The van der Waals surface area contributed by atoms with E-state index in [1.54, 1.807) is 17.1 Å². The Morgan fingerprint density at radius 1 is 1.03 bits per heavy atom. The second-order valence-electron chi connectivity index (χ2n) is 10.7. The lowest BCUT2D eigenvalue weighted by atomic mass is 9.96. The minimum absolute atomic E-state index is 0.0202. The molecule has 2 fully saturated rings. The van der Waals surface area contributed by atoms with Crippen LogP contribution in [0, 0.1) is 5.92 Å². The van der Waals surface area contributed by atoms with Crippen LogP contribution in [0.25, 0.3) is 11.0 Å². The Morgan fingerprint density at radius 3 is 2.67 bits per heavy atom. The van der Waals surface area contributed by atoms with Gasteiger partial charge in [0, 0.05) is 39.1 Å². The van der Waals surface area contributed by atoms with E-state index in [0.29, 0.717) is 25.4 Å². The highest BCUT2D eigenvalue weighted by Gasteiger charge is 2.43. The Hall–Kier alpha value is -4.11. The molecular weight excluding hydrogens is 490 g/mol. The molecule has 0 aliphatic carbocycles. The zero-order valence-electron chi connectivity index (χ0n) is 22.0. The van der Waals surface area contributed by atoms with Gasteiger partial charge in [0.25, 0.3) is 0 Å². The summed E-state index contributed by atoms with van der Waals surface area (Å²) in [4.78, 5) is 33.3. The summed E-state index contributed by atoms with van der Waals surface area (Å²) < 4.78 is 1.72. The maximum Gasteiger partial charge on any atom is 0.243 e. The first kappa shape index (κ1) is 25.2. The molecule has 0 radical (unpaired) electrons. The first-order valence-electron chi connectivity index (χ1n) is 13.6. The predicted molar refractivity (Wildman–Crippen MR) is 147 cm³/mol. The smallest absolute Gasteiger partial charge is 0.243 e. The summed E-state index contributed by atoms with van der Waals surface area (Å²) in [5.41, 5.74) is 5.09. The van der Waals surface area contributed by atoms with E-state index in [9.17, 15) is 9.59 Å². The summed E-state index contributed by atoms with van der Waals surface area (Å²) in [5.74, 6) is 0.400. The van der Waals surface area contributed by atoms with Gasteiger partial charge in [-0.1, -0.05) is 41.6 Å². The van der Waals surface area contributed by atoms with Gasteiger partial charge in [0.05, 0.1) is 11.6 Å². The molecule has 0 saturated carbocycles. The first-order chi connectivity index (χ1) is 19.0. The number of fused-ring (bicyclic) bond motifs is 1. The highest BCUT2D eigenvalue weighted by Crippen LogP contribution is 2.31. The van der Waals surface area contributed by atoms with Crippen molar-refractivity contribution in [2.75, 3.05) is 13.1 Å². The number of hydrogen-bond donors (Lipinski definition) is 2. The number of carbonyl (C=O) groups is 2. The van der Waals surface area contributed by atoms with Crippen LogP contribution in [0.5, 0.6) is 0 Å². The van der Waals surface area contributed by atoms with E-state index in [0.717, 1.165) is 36.0 Å². The molecule has 200 valence electrons. The highest BCUT2D eigenvalue weighted by molar-refractivity contribution is 5.90. The zero-order valence-corrected chi connectivity index (χ0v) is 22.0. The number of hydrogen-bond acceptors (Lipinski definition) is 6. The van der Waals surface area contributed by atoms with Crippen LogP contribution in [0.2, 0.25) is 0 Å². The third-order valence-corrected chi connectivity index (χ3v) is 8.09. The van der Waals surface area contributed by atoms with Crippen LogP contribution in [0.4, 0.5) is 0 Å². The SMILES string of the molecule is Cn1nnc2cc(CNC(=O)[C@@H]3C[C@@H](Cc4ccncc4)CN3C(=O)[C@H]3C[C@@H](c4ccccc4)CN3)ccc21. The molecule has 2 N–H and O–H groups in total. The van der Waals surface area contributed by atoms with Gasteiger partial charge in [0.2, 0.25) is 11.8 Å². The van der Waals surface area contributed by atoms with Crippen molar-refractivity contribution in [2.24, 2.45) is 13.0 Å². The number of aromatic nitrogens is 4. The van der Waals surface area contributed by atoms with Crippen molar-refractivity contribution in [1.29, 1.82) is 0 Å². The first-order valence-corrected chi connectivity index (χ1v) is 13.6. The number of aryl methyl sites for hydroxylation is 1. The van der Waals surface area contributed by atoms with E-state index in [-0.39, 0.29) is 23.8 Å². The number of nitrogens with zero attached hydrogens (tertiary/aromatic N) is 5. The molecule has 2 aromatic carbocycles. The van der Waals surface area contributed by atoms with Gasteiger partial charge >= 0.3 is 0 Å². The lowest BCUT2D eigenvalue weighted by Gasteiger charge is -2.27. The predicted octanol–water partition coefficient (Wildman–Crippen LogP) is 2.58. The minimum Gasteiger partial charge on any atom is -0.350 e. The molecule has 2 aromatic heterocycles. The number of carbonyl (C=O) groups excluding carboxylic acids is 2. The Morgan fingerprint density at radius 2 is 1.85 bits per heavy atom. The van der Waals surface area contributed by atoms with Crippen molar-refractivity contribution in [3.05, 3.63) is 89.7 Å². The lowest BCUT2D eigenvalue weighted by molar-refractivity contribution is -0.139. The summed E-state index contributed by atoms with van der Waals surface area (Å²) in [5, 5.41) is 14.8. The summed E-state index contributed by atoms with van der Waals surface area (Å²) in [6.45, 7) is 1.70. The largest absolute Gasteiger partial charge is 0.350 e. The number of amides is 2. The van der Waals surface area contributed by atoms with E-state index < -0.39 is 6.04 Å². The molecule has 2 aliphatic rings. The van der Waals surface area contributed by atoms with E-state index in [2.05, 4.69) is 38.1 Å². The fourth-order valence-electron chi connectivity index (χ4n) is 6.02. The van der Waals surface area contributed by atoms with Crippen LogP contribution in [-0.4, -0.2) is 61.9 Å². The number of nitrogens with one attached hydrogen (secondary N) is 2. The molecule has 0 unspecified atom stereocenters. The van der Waals surface area contributed by atoms with Crippen molar-refractivity contribution in [3.63, 3.8) is 0 Å². The van der Waals surface area contributed by atoms with E-state index >= 15 is 0 Å². The quantitative estimate of drug-likeness (QED) is 0.386. The standard InChI is InChI=1S/C30H33N7O2/c1-36-27-8-7-21(14-25(27)34-35-36)17-33-29(38)28-15-22(13-20-9-11-31-12-10-20)19-37(28)30(39)26-16-24(18-32-26)23-5-3-2-4-6-23/h2-12,14,22,24,26,28,32H,13,15-19H2,1H3,(H,33,38)/t22-,24-,26-,28+/m1/s1. The van der Waals surface area contributed by atoms with Gasteiger partial charge in [-0.15, -0.1) is 5.10 Å². The van der Waals surface area contributed by atoms with Gasteiger partial charge in [-0.05, 0) is 72.1 Å². The molecule has 2 saturated heterocycles. The zero-order chi connectivity index (χ0) is 26.8. The third kappa shape index (κ3) is 5.40. The minimum atomic E-state index is -0.498. The van der Waals surface area contributed by atoms with E-state index in [4.69, 9.17) is 0 Å². The molecular formula is C30H33N7O2.